The van der Waals surface area contributed by atoms with Crippen LogP contribution in [0.4, 0.5) is 0 Å². The average molecular weight is 203 g/mol. The number of hydrogen-bond donors (Lipinski definition) is 2. The number of aromatic amines is 1. The van der Waals surface area contributed by atoms with Crippen LogP contribution < -0.4 is 5.56 Å². The van der Waals surface area contributed by atoms with Crippen LogP contribution in [0.3, 0.4) is 0 Å². The predicted molar refractivity (Wildman–Crippen MR) is 60.3 cm³/mol. The van der Waals surface area contributed by atoms with Gasteiger partial charge < -0.3 is 10.1 Å². The molecule has 0 spiro atoms. The van der Waals surface area contributed by atoms with E-state index in [0.29, 0.717) is 16.8 Å². The summed E-state index contributed by atoms with van der Waals surface area (Å²) in [6, 6.07) is 6.89. The van der Waals surface area contributed by atoms with Crippen LogP contribution in [0.1, 0.15) is 25.3 Å². The summed E-state index contributed by atoms with van der Waals surface area (Å²) in [4.78, 5) is 13.8. The Labute approximate surface area is 87.4 Å². The van der Waals surface area contributed by atoms with Gasteiger partial charge in [0, 0.05) is 11.5 Å². The minimum absolute atomic E-state index is 0.0382. The van der Waals surface area contributed by atoms with Gasteiger partial charge in [0.15, 0.2) is 0 Å². The van der Waals surface area contributed by atoms with E-state index in [-0.39, 0.29) is 11.3 Å². The number of pyridine rings is 1. The van der Waals surface area contributed by atoms with E-state index in [1.54, 1.807) is 0 Å². The predicted octanol–water partition coefficient (Wildman–Crippen LogP) is 2.36. The second kappa shape index (κ2) is 3.42. The minimum Gasteiger partial charge on any atom is -0.507 e. The first-order valence-electron chi connectivity index (χ1n) is 4.94. The Bertz CT molecular complexity index is 555. The summed E-state index contributed by atoms with van der Waals surface area (Å²) in [6.45, 7) is 4.17. The number of fused-ring (bicyclic) bond motifs is 1. The summed E-state index contributed by atoms with van der Waals surface area (Å²) < 4.78 is 0. The molecule has 2 N–H and O–H groups in total. The van der Waals surface area contributed by atoms with Crippen molar-refractivity contribution in [3.8, 4) is 5.75 Å². The number of nitrogens with one attached hydrogen (secondary N) is 1. The number of H-pyrrole nitrogens is 1. The third-order valence-corrected chi connectivity index (χ3v) is 2.51. The summed E-state index contributed by atoms with van der Waals surface area (Å²) in [5, 5.41) is 10.3. The number of hydrogen-bond acceptors (Lipinski definition) is 2. The minimum atomic E-state index is -0.280. The van der Waals surface area contributed by atoms with Crippen LogP contribution in [0.25, 0.3) is 10.9 Å². The highest BCUT2D eigenvalue weighted by molar-refractivity contribution is 5.85. The van der Waals surface area contributed by atoms with Crippen LogP contribution in [0, 0.1) is 0 Å². The molecule has 1 aromatic heterocycles. The van der Waals surface area contributed by atoms with E-state index in [1.165, 1.54) is 6.07 Å². The Kier molecular flexibility index (Phi) is 2.23. The molecule has 0 amide bonds. The largest absolute Gasteiger partial charge is 0.507 e. The molecule has 3 heteroatoms. The van der Waals surface area contributed by atoms with Gasteiger partial charge >= 0.3 is 0 Å². The summed E-state index contributed by atoms with van der Waals surface area (Å²) in [6.07, 6.45) is 0. The van der Waals surface area contributed by atoms with E-state index < -0.39 is 0 Å². The van der Waals surface area contributed by atoms with Crippen molar-refractivity contribution < 1.29 is 5.11 Å². The summed E-state index contributed by atoms with van der Waals surface area (Å²) in [5.74, 6) is 0.442. The fraction of sp³-hybridized carbons (Fsp3) is 0.250. The van der Waals surface area contributed by atoms with Gasteiger partial charge in [0.1, 0.15) is 5.75 Å². The third-order valence-electron chi connectivity index (χ3n) is 2.51. The zero-order valence-electron chi connectivity index (χ0n) is 8.74. The molecule has 0 saturated heterocycles. The number of aromatic nitrogens is 1. The first-order valence-corrected chi connectivity index (χ1v) is 4.94. The van der Waals surface area contributed by atoms with Crippen molar-refractivity contribution in [2.45, 2.75) is 19.8 Å². The summed E-state index contributed by atoms with van der Waals surface area (Å²) in [7, 11) is 0. The maximum absolute atomic E-state index is 11.1. The fourth-order valence-corrected chi connectivity index (χ4v) is 1.61. The number of benzene rings is 1. The Morgan fingerprint density at radius 2 is 2.00 bits per heavy atom. The van der Waals surface area contributed by atoms with Crippen LogP contribution in [0.2, 0.25) is 0 Å². The third kappa shape index (κ3) is 1.73. The van der Waals surface area contributed by atoms with Crippen molar-refractivity contribution in [3.63, 3.8) is 0 Å². The highest BCUT2D eigenvalue weighted by Crippen LogP contribution is 2.25. The van der Waals surface area contributed by atoms with Crippen LogP contribution in [0.5, 0.6) is 5.75 Å². The molecular formula is C12H13NO2. The second-order valence-corrected chi connectivity index (χ2v) is 3.98. The SMILES string of the molecule is CC(C)c1ccc2[nH]c(=O)cc(O)c2c1. The molecule has 0 unspecified atom stereocenters. The van der Waals surface area contributed by atoms with Crippen molar-refractivity contribution in [1.82, 2.24) is 4.98 Å². The summed E-state index contributed by atoms with van der Waals surface area (Å²) >= 11 is 0. The Balaban J connectivity index is 2.77. The molecule has 1 aromatic carbocycles. The Morgan fingerprint density at radius 3 is 2.67 bits per heavy atom. The molecule has 2 aromatic rings. The van der Waals surface area contributed by atoms with E-state index in [2.05, 4.69) is 18.8 Å². The lowest BCUT2D eigenvalue weighted by Crippen LogP contribution is -2.03. The number of aromatic hydroxyl groups is 1. The standard InChI is InChI=1S/C12H13NO2/c1-7(2)8-3-4-10-9(5-8)11(14)6-12(15)13-10/h3-7H,1-2H3,(H2,13,14,15). The van der Waals surface area contributed by atoms with Gasteiger partial charge in [-0.2, -0.15) is 0 Å². The maximum Gasteiger partial charge on any atom is 0.252 e. The highest BCUT2D eigenvalue weighted by atomic mass is 16.3. The van der Waals surface area contributed by atoms with Gasteiger partial charge in [-0.3, -0.25) is 4.79 Å². The molecule has 1 heterocycles. The molecule has 78 valence electrons. The Hall–Kier alpha value is -1.77. The molecule has 0 aliphatic carbocycles. The van der Waals surface area contributed by atoms with E-state index >= 15 is 0 Å². The molecule has 3 nitrogen and oxygen atoms in total. The molecular weight excluding hydrogens is 190 g/mol. The number of rotatable bonds is 1. The topological polar surface area (TPSA) is 53.1 Å². The van der Waals surface area contributed by atoms with Crippen molar-refractivity contribution >= 4 is 10.9 Å². The monoisotopic (exact) mass is 203 g/mol. The van der Waals surface area contributed by atoms with E-state index in [4.69, 9.17) is 0 Å². The molecule has 0 bridgehead atoms. The van der Waals surface area contributed by atoms with Crippen LogP contribution in [-0.4, -0.2) is 10.1 Å². The van der Waals surface area contributed by atoms with Gasteiger partial charge in [0.2, 0.25) is 0 Å². The Morgan fingerprint density at radius 1 is 1.27 bits per heavy atom. The smallest absolute Gasteiger partial charge is 0.252 e. The molecule has 15 heavy (non-hydrogen) atoms. The second-order valence-electron chi connectivity index (χ2n) is 3.98. The fourth-order valence-electron chi connectivity index (χ4n) is 1.61. The first kappa shape index (κ1) is 9.77. The van der Waals surface area contributed by atoms with Crippen LogP contribution in [-0.2, 0) is 0 Å². The van der Waals surface area contributed by atoms with Gasteiger partial charge in [0.25, 0.3) is 5.56 Å². The van der Waals surface area contributed by atoms with Gasteiger partial charge in [-0.1, -0.05) is 19.9 Å². The molecule has 0 atom stereocenters. The normalized spacial score (nSPS) is 11.1. The molecule has 0 radical (unpaired) electrons. The quantitative estimate of drug-likeness (QED) is 0.747. The van der Waals surface area contributed by atoms with Gasteiger partial charge in [-0.25, -0.2) is 0 Å². The lowest BCUT2D eigenvalue weighted by Gasteiger charge is -2.07. The van der Waals surface area contributed by atoms with Gasteiger partial charge in [0.05, 0.1) is 5.52 Å². The zero-order valence-corrected chi connectivity index (χ0v) is 8.74. The van der Waals surface area contributed by atoms with E-state index in [1.807, 2.05) is 18.2 Å². The molecule has 0 fully saturated rings. The average Bonchev–Trinajstić information content (AvgIpc) is 2.16. The highest BCUT2D eigenvalue weighted by Gasteiger charge is 2.05. The molecule has 0 aliphatic rings. The van der Waals surface area contributed by atoms with Crippen molar-refractivity contribution in [2.75, 3.05) is 0 Å². The van der Waals surface area contributed by atoms with E-state index in [0.717, 1.165) is 5.56 Å². The van der Waals surface area contributed by atoms with Crippen molar-refractivity contribution in [3.05, 3.63) is 40.2 Å². The molecule has 2 rings (SSSR count). The van der Waals surface area contributed by atoms with Gasteiger partial charge in [-0.15, -0.1) is 0 Å². The van der Waals surface area contributed by atoms with Crippen molar-refractivity contribution in [1.29, 1.82) is 0 Å². The first-order chi connectivity index (χ1) is 7.08. The van der Waals surface area contributed by atoms with Gasteiger partial charge in [-0.05, 0) is 23.6 Å². The summed E-state index contributed by atoms with van der Waals surface area (Å²) in [5.41, 5.74) is 1.53. The maximum atomic E-state index is 11.1. The molecule has 0 saturated carbocycles. The van der Waals surface area contributed by atoms with Crippen LogP contribution in [0.15, 0.2) is 29.1 Å². The van der Waals surface area contributed by atoms with E-state index in [9.17, 15) is 9.90 Å². The lowest BCUT2D eigenvalue weighted by molar-refractivity contribution is 0.480. The molecule has 0 aliphatic heterocycles. The van der Waals surface area contributed by atoms with Crippen LogP contribution >= 0.6 is 0 Å². The van der Waals surface area contributed by atoms with Crippen molar-refractivity contribution in [2.24, 2.45) is 0 Å². The zero-order chi connectivity index (χ0) is 11.0. The lowest BCUT2D eigenvalue weighted by atomic mass is 10.0.